The normalized spacial score (nSPS) is 10.7. The molecule has 0 bridgehead atoms. The second-order valence-electron chi connectivity index (χ2n) is 7.98. The summed E-state index contributed by atoms with van der Waals surface area (Å²) in [7, 11) is 1.66. The third-order valence-electron chi connectivity index (χ3n) is 5.61. The highest BCUT2D eigenvalue weighted by atomic mass is 16.5. The van der Waals surface area contributed by atoms with Crippen molar-refractivity contribution in [3.8, 4) is 11.5 Å². The molecule has 0 amide bonds. The van der Waals surface area contributed by atoms with Gasteiger partial charge in [-0.2, -0.15) is 0 Å². The van der Waals surface area contributed by atoms with E-state index in [9.17, 15) is 9.59 Å². The molecule has 0 aliphatic rings. The van der Waals surface area contributed by atoms with E-state index >= 15 is 0 Å². The van der Waals surface area contributed by atoms with Crippen LogP contribution < -0.4 is 14.8 Å². The molecular formula is C28H28N2O5. The van der Waals surface area contributed by atoms with Gasteiger partial charge in [-0.1, -0.05) is 12.1 Å². The Hall–Kier alpha value is -4.26. The molecule has 0 aliphatic heterocycles. The second-order valence-corrected chi connectivity index (χ2v) is 7.98. The molecule has 0 radical (unpaired) electrons. The van der Waals surface area contributed by atoms with Crippen LogP contribution in [0.15, 0.2) is 72.9 Å². The number of nitrogens with one attached hydrogen (secondary N) is 2. The highest BCUT2D eigenvalue weighted by Gasteiger charge is 2.15. The smallest absolute Gasteiger partial charge is 0.345 e. The maximum Gasteiger partial charge on any atom is 0.345 e. The molecule has 35 heavy (non-hydrogen) atoms. The molecule has 1 aromatic heterocycles. The number of hydrogen-bond donors (Lipinski definition) is 2. The SMILES string of the molecule is CCOC(=O)c1ccc(OC(=O)c2c[nH]c3ccc(NCCCc4ccc(OC)cc4)cc23)cc1. The number of ether oxygens (including phenoxy) is 3. The van der Waals surface area contributed by atoms with Crippen LogP contribution in [0.2, 0.25) is 0 Å². The molecule has 0 fully saturated rings. The van der Waals surface area contributed by atoms with Crippen LogP contribution in [0.1, 0.15) is 39.6 Å². The number of anilines is 1. The Bertz CT molecular complexity index is 1290. The summed E-state index contributed by atoms with van der Waals surface area (Å²) in [6, 6.07) is 20.3. The monoisotopic (exact) mass is 472 g/mol. The number of fused-ring (bicyclic) bond motifs is 1. The average molecular weight is 473 g/mol. The Kier molecular flexibility index (Phi) is 7.67. The number of hydrogen-bond acceptors (Lipinski definition) is 6. The molecule has 3 aromatic carbocycles. The predicted molar refractivity (Wildman–Crippen MR) is 135 cm³/mol. The molecule has 7 nitrogen and oxygen atoms in total. The van der Waals surface area contributed by atoms with Gasteiger partial charge >= 0.3 is 11.9 Å². The number of aryl methyl sites for hydroxylation is 1. The van der Waals surface area contributed by atoms with Crippen molar-refractivity contribution in [2.24, 2.45) is 0 Å². The van der Waals surface area contributed by atoms with E-state index in [-0.39, 0.29) is 0 Å². The fraction of sp³-hybridized carbons (Fsp3) is 0.214. The zero-order valence-corrected chi connectivity index (χ0v) is 19.8. The van der Waals surface area contributed by atoms with Gasteiger partial charge in [-0.05, 0) is 79.9 Å². The summed E-state index contributed by atoms with van der Waals surface area (Å²) in [6.45, 7) is 2.85. The summed E-state index contributed by atoms with van der Waals surface area (Å²) in [5.41, 5.74) is 3.88. The minimum absolute atomic E-state index is 0.301. The van der Waals surface area contributed by atoms with Crippen LogP contribution in [0.25, 0.3) is 10.9 Å². The molecule has 0 saturated heterocycles. The number of H-pyrrole nitrogens is 1. The van der Waals surface area contributed by atoms with E-state index in [2.05, 4.69) is 22.4 Å². The topological polar surface area (TPSA) is 89.7 Å². The fourth-order valence-electron chi connectivity index (χ4n) is 3.75. The summed E-state index contributed by atoms with van der Waals surface area (Å²) in [6.07, 6.45) is 3.57. The van der Waals surface area contributed by atoms with E-state index in [4.69, 9.17) is 14.2 Å². The summed E-state index contributed by atoms with van der Waals surface area (Å²) < 4.78 is 15.7. The van der Waals surface area contributed by atoms with Gasteiger partial charge in [-0.25, -0.2) is 9.59 Å². The first-order valence-corrected chi connectivity index (χ1v) is 11.5. The number of aromatic amines is 1. The van der Waals surface area contributed by atoms with Gasteiger partial charge in [-0.15, -0.1) is 0 Å². The van der Waals surface area contributed by atoms with Crippen molar-refractivity contribution < 1.29 is 23.8 Å². The molecule has 180 valence electrons. The van der Waals surface area contributed by atoms with Crippen LogP contribution in [0.5, 0.6) is 11.5 Å². The van der Waals surface area contributed by atoms with Gasteiger partial charge in [-0.3, -0.25) is 0 Å². The molecule has 7 heteroatoms. The minimum Gasteiger partial charge on any atom is -0.497 e. The van der Waals surface area contributed by atoms with Crippen LogP contribution in [0, 0.1) is 0 Å². The van der Waals surface area contributed by atoms with E-state index in [0.29, 0.717) is 23.5 Å². The number of rotatable bonds is 10. The molecule has 1 heterocycles. The van der Waals surface area contributed by atoms with Crippen molar-refractivity contribution in [2.45, 2.75) is 19.8 Å². The first-order chi connectivity index (χ1) is 17.1. The maximum absolute atomic E-state index is 12.8. The standard InChI is InChI=1S/C28H28N2O5/c1-3-34-27(31)20-8-13-23(14-9-20)35-28(32)25-18-30-26-15-10-21(17-24(25)26)29-16-4-5-19-6-11-22(33-2)12-7-19/h6-15,17-18,29-30H,3-5,16H2,1-2H3. The summed E-state index contributed by atoms with van der Waals surface area (Å²) >= 11 is 0. The van der Waals surface area contributed by atoms with Gasteiger partial charge < -0.3 is 24.5 Å². The van der Waals surface area contributed by atoms with Crippen molar-refractivity contribution >= 4 is 28.5 Å². The molecule has 0 unspecified atom stereocenters. The summed E-state index contributed by atoms with van der Waals surface area (Å²) in [4.78, 5) is 27.7. The number of aromatic nitrogens is 1. The third-order valence-corrected chi connectivity index (χ3v) is 5.61. The van der Waals surface area contributed by atoms with Crippen molar-refractivity contribution in [2.75, 3.05) is 25.6 Å². The van der Waals surface area contributed by atoms with E-state index < -0.39 is 11.9 Å². The maximum atomic E-state index is 12.8. The Morgan fingerprint density at radius 1 is 0.914 bits per heavy atom. The minimum atomic E-state index is -0.475. The Morgan fingerprint density at radius 3 is 2.37 bits per heavy atom. The van der Waals surface area contributed by atoms with Crippen molar-refractivity contribution in [1.82, 2.24) is 4.98 Å². The molecule has 0 aliphatic carbocycles. The zero-order valence-electron chi connectivity index (χ0n) is 19.8. The van der Waals surface area contributed by atoms with Crippen molar-refractivity contribution in [3.63, 3.8) is 0 Å². The summed E-state index contributed by atoms with van der Waals surface area (Å²) in [5.74, 6) is 0.322. The number of carbonyl (C=O) groups excluding carboxylic acids is 2. The highest BCUT2D eigenvalue weighted by Crippen LogP contribution is 2.24. The van der Waals surface area contributed by atoms with E-state index in [0.717, 1.165) is 41.7 Å². The van der Waals surface area contributed by atoms with Gasteiger partial charge in [0, 0.05) is 29.3 Å². The number of carbonyl (C=O) groups is 2. The molecule has 2 N–H and O–H groups in total. The first-order valence-electron chi connectivity index (χ1n) is 11.5. The van der Waals surface area contributed by atoms with E-state index in [1.54, 1.807) is 44.5 Å². The van der Waals surface area contributed by atoms with Gasteiger partial charge in [0.05, 0.1) is 24.8 Å². The van der Waals surface area contributed by atoms with Crippen LogP contribution in [0.4, 0.5) is 5.69 Å². The number of methoxy groups -OCH3 is 1. The third kappa shape index (κ3) is 6.00. The second kappa shape index (κ2) is 11.2. The first kappa shape index (κ1) is 23.9. The molecular weight excluding hydrogens is 444 g/mol. The predicted octanol–water partition coefficient (Wildman–Crippen LogP) is 5.62. The van der Waals surface area contributed by atoms with Crippen LogP contribution in [-0.4, -0.2) is 37.2 Å². The largest absolute Gasteiger partial charge is 0.497 e. The molecule has 0 saturated carbocycles. The molecule has 4 aromatic rings. The van der Waals surface area contributed by atoms with Gasteiger partial charge in [0.15, 0.2) is 0 Å². The lowest BCUT2D eigenvalue weighted by Crippen LogP contribution is -2.09. The number of benzene rings is 3. The lowest BCUT2D eigenvalue weighted by atomic mass is 10.1. The van der Waals surface area contributed by atoms with Crippen LogP contribution in [0.3, 0.4) is 0 Å². The molecule has 4 rings (SSSR count). The highest BCUT2D eigenvalue weighted by molar-refractivity contribution is 6.05. The quantitative estimate of drug-likeness (QED) is 0.177. The zero-order chi connectivity index (χ0) is 24.6. The van der Waals surface area contributed by atoms with E-state index in [1.165, 1.54) is 5.56 Å². The lowest BCUT2D eigenvalue weighted by molar-refractivity contribution is 0.0526. The average Bonchev–Trinajstić information content (AvgIpc) is 3.31. The summed E-state index contributed by atoms with van der Waals surface area (Å²) in [5, 5.41) is 4.20. The molecule has 0 atom stereocenters. The van der Waals surface area contributed by atoms with Gasteiger partial charge in [0.2, 0.25) is 0 Å². The van der Waals surface area contributed by atoms with Crippen molar-refractivity contribution in [1.29, 1.82) is 0 Å². The fourth-order valence-corrected chi connectivity index (χ4v) is 3.75. The van der Waals surface area contributed by atoms with Crippen molar-refractivity contribution in [3.05, 3.63) is 89.6 Å². The van der Waals surface area contributed by atoms with E-state index in [1.807, 2.05) is 30.3 Å². The molecule has 0 spiro atoms. The Balaban J connectivity index is 1.36. The van der Waals surface area contributed by atoms with Crippen LogP contribution >= 0.6 is 0 Å². The lowest BCUT2D eigenvalue weighted by Gasteiger charge is -2.08. The van der Waals surface area contributed by atoms with Crippen LogP contribution in [-0.2, 0) is 11.2 Å². The Labute approximate surface area is 204 Å². The number of esters is 2. The van der Waals surface area contributed by atoms with Gasteiger partial charge in [0.25, 0.3) is 0 Å². The van der Waals surface area contributed by atoms with Gasteiger partial charge in [0.1, 0.15) is 11.5 Å². The Morgan fingerprint density at radius 2 is 1.66 bits per heavy atom.